The quantitative estimate of drug-likeness (QED) is 0.358. The minimum absolute atomic E-state index is 0.109. The van der Waals surface area contributed by atoms with E-state index in [1.165, 1.54) is 36.5 Å². The van der Waals surface area contributed by atoms with Crippen molar-refractivity contribution < 1.29 is 18.4 Å². The molecule has 0 saturated heterocycles. The van der Waals surface area contributed by atoms with Crippen LogP contribution < -0.4 is 4.72 Å². The number of aromatic hydroxyl groups is 1. The summed E-state index contributed by atoms with van der Waals surface area (Å²) in [5, 5.41) is 21.0. The molecule has 8 nitrogen and oxygen atoms in total. The number of sulfonamides is 1. The van der Waals surface area contributed by atoms with Gasteiger partial charge in [0.05, 0.1) is 21.2 Å². The lowest BCUT2D eigenvalue weighted by molar-refractivity contribution is -0.385. The topological polar surface area (TPSA) is 122 Å². The molecular formula is C20H17N3O5S. The van der Waals surface area contributed by atoms with Crippen LogP contribution in [0.4, 0.5) is 17.1 Å². The Morgan fingerprint density at radius 3 is 2.41 bits per heavy atom. The van der Waals surface area contributed by atoms with E-state index in [1.807, 2.05) is 6.92 Å². The molecule has 0 spiro atoms. The third kappa shape index (κ3) is 4.58. The Morgan fingerprint density at radius 2 is 1.72 bits per heavy atom. The number of para-hydroxylation sites is 3. The number of nitro groups is 1. The minimum Gasteiger partial charge on any atom is -0.502 e. The van der Waals surface area contributed by atoms with Crippen molar-refractivity contribution in [1.82, 2.24) is 0 Å². The second-order valence-electron chi connectivity index (χ2n) is 6.17. The summed E-state index contributed by atoms with van der Waals surface area (Å²) in [4.78, 5) is 14.5. The highest BCUT2D eigenvalue weighted by atomic mass is 32.2. The Labute approximate surface area is 167 Å². The van der Waals surface area contributed by atoms with Crippen molar-refractivity contribution in [3.63, 3.8) is 0 Å². The number of hydrogen-bond acceptors (Lipinski definition) is 6. The summed E-state index contributed by atoms with van der Waals surface area (Å²) >= 11 is 0. The van der Waals surface area contributed by atoms with Gasteiger partial charge in [-0.25, -0.2) is 8.42 Å². The van der Waals surface area contributed by atoms with Gasteiger partial charge in [-0.1, -0.05) is 35.9 Å². The number of hydrogen-bond donors (Lipinski definition) is 2. The molecule has 0 saturated carbocycles. The Kier molecular flexibility index (Phi) is 5.60. The molecule has 2 N–H and O–H groups in total. The first-order valence-corrected chi connectivity index (χ1v) is 9.95. The molecule has 0 amide bonds. The molecule has 0 fully saturated rings. The van der Waals surface area contributed by atoms with Crippen molar-refractivity contribution >= 4 is 33.3 Å². The zero-order chi connectivity index (χ0) is 21.0. The maximum absolute atomic E-state index is 12.6. The highest BCUT2D eigenvalue weighted by molar-refractivity contribution is 7.92. The Bertz CT molecular complexity index is 1190. The molecule has 0 radical (unpaired) electrons. The van der Waals surface area contributed by atoms with Gasteiger partial charge in [0, 0.05) is 17.8 Å². The number of anilines is 1. The normalized spacial score (nSPS) is 11.5. The van der Waals surface area contributed by atoms with Crippen LogP contribution in [-0.2, 0) is 10.0 Å². The standard InChI is InChI=1S/C20H17N3O5S/c1-14-9-11-16(12-10-14)29(27,28)22-18-7-3-2-6-17(18)21-13-15-5-4-8-19(20(15)24)23(25)26/h2-13,22,24H,1H3. The fourth-order valence-electron chi connectivity index (χ4n) is 2.53. The van der Waals surface area contributed by atoms with Crippen LogP contribution in [0.15, 0.2) is 76.6 Å². The molecule has 148 valence electrons. The van der Waals surface area contributed by atoms with E-state index >= 15 is 0 Å². The predicted octanol–water partition coefficient (Wildman–Crippen LogP) is 4.16. The van der Waals surface area contributed by atoms with Crippen LogP contribution in [0.3, 0.4) is 0 Å². The number of aryl methyl sites for hydroxylation is 1. The van der Waals surface area contributed by atoms with Crippen LogP contribution in [0.1, 0.15) is 11.1 Å². The van der Waals surface area contributed by atoms with Crippen molar-refractivity contribution in [1.29, 1.82) is 0 Å². The summed E-state index contributed by atoms with van der Waals surface area (Å²) in [6, 6.07) is 16.9. The number of aliphatic imine (C=N–C) groups is 1. The van der Waals surface area contributed by atoms with Gasteiger partial charge in [-0.3, -0.25) is 19.8 Å². The van der Waals surface area contributed by atoms with E-state index in [4.69, 9.17) is 0 Å². The van der Waals surface area contributed by atoms with Crippen LogP contribution in [-0.4, -0.2) is 24.7 Å². The molecule has 0 heterocycles. The van der Waals surface area contributed by atoms with E-state index in [2.05, 4.69) is 9.71 Å². The number of nitrogens with one attached hydrogen (secondary N) is 1. The third-order valence-electron chi connectivity index (χ3n) is 4.07. The van der Waals surface area contributed by atoms with E-state index in [1.54, 1.807) is 36.4 Å². The first-order valence-electron chi connectivity index (χ1n) is 8.47. The number of phenols is 1. The minimum atomic E-state index is -3.82. The maximum Gasteiger partial charge on any atom is 0.311 e. The first kappa shape index (κ1) is 20.0. The average molecular weight is 411 g/mol. The number of nitrogens with zero attached hydrogens (tertiary/aromatic N) is 2. The summed E-state index contributed by atoms with van der Waals surface area (Å²) < 4.78 is 27.8. The molecule has 0 unspecified atom stereocenters. The van der Waals surface area contributed by atoms with Crippen LogP contribution in [0.25, 0.3) is 0 Å². The number of nitro benzene ring substituents is 1. The average Bonchev–Trinajstić information content (AvgIpc) is 2.68. The molecule has 29 heavy (non-hydrogen) atoms. The summed E-state index contributed by atoms with van der Waals surface area (Å²) in [6.07, 6.45) is 1.24. The lowest BCUT2D eigenvalue weighted by Crippen LogP contribution is -2.13. The predicted molar refractivity (Wildman–Crippen MR) is 110 cm³/mol. The molecule has 3 aromatic carbocycles. The van der Waals surface area contributed by atoms with Gasteiger partial charge in [0.1, 0.15) is 0 Å². The molecule has 0 aliphatic rings. The highest BCUT2D eigenvalue weighted by Crippen LogP contribution is 2.30. The summed E-state index contributed by atoms with van der Waals surface area (Å²) in [6.45, 7) is 1.86. The summed E-state index contributed by atoms with van der Waals surface area (Å²) in [7, 11) is -3.82. The second-order valence-corrected chi connectivity index (χ2v) is 7.85. The van der Waals surface area contributed by atoms with E-state index in [-0.39, 0.29) is 21.8 Å². The smallest absolute Gasteiger partial charge is 0.311 e. The highest BCUT2D eigenvalue weighted by Gasteiger charge is 2.17. The van der Waals surface area contributed by atoms with Gasteiger partial charge < -0.3 is 5.11 Å². The van der Waals surface area contributed by atoms with Gasteiger partial charge in [0.15, 0.2) is 0 Å². The van der Waals surface area contributed by atoms with Gasteiger partial charge in [-0.2, -0.15) is 0 Å². The monoisotopic (exact) mass is 411 g/mol. The van der Waals surface area contributed by atoms with Crippen molar-refractivity contribution in [2.24, 2.45) is 4.99 Å². The zero-order valence-corrected chi connectivity index (χ0v) is 16.1. The van der Waals surface area contributed by atoms with E-state index in [0.717, 1.165) is 5.56 Å². The SMILES string of the molecule is Cc1ccc(S(=O)(=O)Nc2ccccc2N=Cc2cccc([N+](=O)[O-])c2O)cc1. The lowest BCUT2D eigenvalue weighted by atomic mass is 10.2. The largest absolute Gasteiger partial charge is 0.502 e. The van der Waals surface area contributed by atoms with E-state index in [0.29, 0.717) is 0 Å². The molecule has 0 aromatic heterocycles. The van der Waals surface area contributed by atoms with Crippen molar-refractivity contribution in [3.05, 3.63) is 88.0 Å². The Morgan fingerprint density at radius 1 is 1.03 bits per heavy atom. The summed E-state index contributed by atoms with van der Waals surface area (Å²) in [5.74, 6) is -0.515. The fourth-order valence-corrected chi connectivity index (χ4v) is 3.61. The van der Waals surface area contributed by atoms with Gasteiger partial charge >= 0.3 is 5.69 Å². The molecular weight excluding hydrogens is 394 g/mol. The first-order chi connectivity index (χ1) is 13.8. The van der Waals surface area contributed by atoms with E-state index < -0.39 is 26.4 Å². The number of benzene rings is 3. The fraction of sp³-hybridized carbons (Fsp3) is 0.0500. The molecule has 0 atom stereocenters. The molecule has 3 rings (SSSR count). The van der Waals surface area contributed by atoms with Crippen molar-refractivity contribution in [2.75, 3.05) is 4.72 Å². The van der Waals surface area contributed by atoms with Crippen molar-refractivity contribution in [3.8, 4) is 5.75 Å². The molecule has 3 aromatic rings. The van der Waals surface area contributed by atoms with Gasteiger partial charge in [-0.15, -0.1) is 0 Å². The van der Waals surface area contributed by atoms with E-state index in [9.17, 15) is 23.6 Å². The summed E-state index contributed by atoms with van der Waals surface area (Å²) in [5.41, 5.74) is 1.15. The van der Waals surface area contributed by atoms with Gasteiger partial charge in [-0.05, 0) is 37.3 Å². The Balaban J connectivity index is 1.92. The zero-order valence-electron chi connectivity index (χ0n) is 15.3. The van der Waals surface area contributed by atoms with Crippen LogP contribution in [0.5, 0.6) is 5.75 Å². The van der Waals surface area contributed by atoms with Crippen LogP contribution in [0, 0.1) is 17.0 Å². The second kappa shape index (κ2) is 8.11. The van der Waals surface area contributed by atoms with Gasteiger partial charge in [0.25, 0.3) is 10.0 Å². The third-order valence-corrected chi connectivity index (χ3v) is 5.45. The molecule has 9 heteroatoms. The maximum atomic E-state index is 12.6. The number of rotatable bonds is 6. The Hall–Kier alpha value is -3.72. The van der Waals surface area contributed by atoms with Crippen molar-refractivity contribution in [2.45, 2.75) is 11.8 Å². The number of phenolic OH excluding ortho intramolecular Hbond substituents is 1. The molecule has 0 bridgehead atoms. The lowest BCUT2D eigenvalue weighted by Gasteiger charge is -2.10. The van der Waals surface area contributed by atoms with Crippen LogP contribution >= 0.6 is 0 Å². The van der Waals surface area contributed by atoms with Gasteiger partial charge in [0.2, 0.25) is 5.75 Å². The molecule has 0 aliphatic heterocycles. The van der Waals surface area contributed by atoms with Crippen LogP contribution in [0.2, 0.25) is 0 Å². The molecule has 0 aliphatic carbocycles.